The third-order valence-electron chi connectivity index (χ3n) is 3.41. The molecule has 0 saturated heterocycles. The summed E-state index contributed by atoms with van der Waals surface area (Å²) in [6, 6.07) is 10.3. The van der Waals surface area contributed by atoms with E-state index in [1.54, 1.807) is 0 Å². The van der Waals surface area contributed by atoms with Crippen LogP contribution < -0.4 is 11.1 Å². The first kappa shape index (κ1) is 13.6. The Labute approximate surface area is 114 Å². The normalized spacial score (nSPS) is 22.7. The van der Waals surface area contributed by atoms with E-state index in [0.29, 0.717) is 0 Å². The van der Waals surface area contributed by atoms with Crippen LogP contribution in [0.5, 0.6) is 0 Å². The molecule has 3 heteroatoms. The molecule has 1 amide bonds. The van der Waals surface area contributed by atoms with E-state index in [2.05, 4.69) is 35.7 Å². The molecule has 0 aliphatic heterocycles. The van der Waals surface area contributed by atoms with E-state index in [9.17, 15) is 4.79 Å². The highest BCUT2D eigenvalue weighted by atomic mass is 16.1. The predicted molar refractivity (Wildman–Crippen MR) is 78.3 cm³/mol. The lowest BCUT2D eigenvalue weighted by atomic mass is 9.88. The van der Waals surface area contributed by atoms with Crippen molar-refractivity contribution in [1.82, 2.24) is 5.32 Å². The smallest absolute Gasteiger partial charge is 0.222 e. The molecule has 2 rings (SSSR count). The Morgan fingerprint density at radius 1 is 1.26 bits per heavy atom. The van der Waals surface area contributed by atoms with E-state index < -0.39 is 0 Å². The van der Waals surface area contributed by atoms with Crippen LogP contribution in [0.2, 0.25) is 0 Å². The number of carbonyl (C=O) groups excluding carboxylic acids is 1. The zero-order valence-electron chi connectivity index (χ0n) is 11.0. The molecule has 100 valence electrons. The van der Waals surface area contributed by atoms with Crippen LogP contribution >= 0.6 is 0 Å². The quantitative estimate of drug-likeness (QED) is 0.793. The molecule has 0 spiro atoms. The van der Waals surface area contributed by atoms with Gasteiger partial charge in [0.1, 0.15) is 0 Å². The van der Waals surface area contributed by atoms with Gasteiger partial charge >= 0.3 is 0 Å². The molecular weight excluding hydrogens is 236 g/mol. The van der Waals surface area contributed by atoms with Gasteiger partial charge in [-0.1, -0.05) is 54.6 Å². The first-order valence-corrected chi connectivity index (χ1v) is 6.66. The fourth-order valence-electron chi connectivity index (χ4n) is 2.33. The van der Waals surface area contributed by atoms with E-state index in [1.165, 1.54) is 5.56 Å². The first-order valence-electron chi connectivity index (χ1n) is 6.66. The molecular formula is C16H20N2O. The van der Waals surface area contributed by atoms with Crippen LogP contribution in [0.25, 0.3) is 6.08 Å². The van der Waals surface area contributed by atoms with Crippen molar-refractivity contribution in [3.8, 4) is 0 Å². The molecule has 3 N–H and O–H groups in total. The fourth-order valence-corrected chi connectivity index (χ4v) is 2.33. The number of nitrogens with one attached hydrogen (secondary N) is 1. The van der Waals surface area contributed by atoms with Crippen molar-refractivity contribution >= 4 is 12.0 Å². The largest absolute Gasteiger partial charge is 0.369 e. The fraction of sp³-hybridized carbons (Fsp3) is 0.312. The molecule has 1 aromatic carbocycles. The van der Waals surface area contributed by atoms with Gasteiger partial charge in [-0.3, -0.25) is 4.79 Å². The van der Waals surface area contributed by atoms with Crippen molar-refractivity contribution in [2.45, 2.75) is 18.9 Å². The van der Waals surface area contributed by atoms with E-state index >= 15 is 0 Å². The lowest BCUT2D eigenvalue weighted by Gasteiger charge is -2.26. The van der Waals surface area contributed by atoms with Crippen LogP contribution in [-0.2, 0) is 4.79 Å². The summed E-state index contributed by atoms with van der Waals surface area (Å²) in [5.41, 5.74) is 6.60. The average molecular weight is 256 g/mol. The summed E-state index contributed by atoms with van der Waals surface area (Å²) < 4.78 is 0. The number of benzene rings is 1. The lowest BCUT2D eigenvalue weighted by molar-refractivity contribution is -0.122. The Balaban J connectivity index is 1.83. The van der Waals surface area contributed by atoms with Crippen molar-refractivity contribution in [3.63, 3.8) is 0 Å². The first-order chi connectivity index (χ1) is 9.27. The molecule has 2 atom stereocenters. The van der Waals surface area contributed by atoms with Gasteiger partial charge in [-0.2, -0.15) is 0 Å². The number of hydrogen-bond acceptors (Lipinski definition) is 2. The molecule has 0 bridgehead atoms. The Kier molecular flexibility index (Phi) is 4.93. The monoisotopic (exact) mass is 256 g/mol. The number of hydrogen-bond donors (Lipinski definition) is 2. The summed E-state index contributed by atoms with van der Waals surface area (Å²) in [6.45, 7) is 0.747. The topological polar surface area (TPSA) is 55.1 Å². The molecule has 0 heterocycles. The second-order valence-corrected chi connectivity index (χ2v) is 4.78. The van der Waals surface area contributed by atoms with Crippen LogP contribution in [0.1, 0.15) is 18.4 Å². The van der Waals surface area contributed by atoms with Gasteiger partial charge in [-0.05, 0) is 18.4 Å². The summed E-state index contributed by atoms with van der Waals surface area (Å²) in [5, 5.41) is 3.38. The van der Waals surface area contributed by atoms with Gasteiger partial charge in [0.15, 0.2) is 0 Å². The van der Waals surface area contributed by atoms with Crippen molar-refractivity contribution < 1.29 is 4.79 Å². The zero-order chi connectivity index (χ0) is 13.5. The number of primary amides is 1. The van der Waals surface area contributed by atoms with Gasteiger partial charge in [-0.15, -0.1) is 0 Å². The predicted octanol–water partition coefficient (Wildman–Crippen LogP) is 2.11. The minimum Gasteiger partial charge on any atom is -0.369 e. The van der Waals surface area contributed by atoms with Gasteiger partial charge in [-0.25, -0.2) is 0 Å². The summed E-state index contributed by atoms with van der Waals surface area (Å²) in [5.74, 6) is -0.302. The Hall–Kier alpha value is -1.87. The van der Waals surface area contributed by atoms with Gasteiger partial charge in [0.2, 0.25) is 5.91 Å². The van der Waals surface area contributed by atoms with E-state index in [4.69, 9.17) is 5.73 Å². The number of allylic oxidation sites excluding steroid dienone is 1. The van der Waals surface area contributed by atoms with Gasteiger partial charge in [0, 0.05) is 12.6 Å². The zero-order valence-corrected chi connectivity index (χ0v) is 11.0. The highest BCUT2D eigenvalue weighted by molar-refractivity contribution is 5.77. The minimum absolute atomic E-state index is 0.0878. The van der Waals surface area contributed by atoms with E-state index in [1.807, 2.05) is 24.3 Å². The number of carbonyl (C=O) groups is 1. The molecule has 0 radical (unpaired) electrons. The number of rotatable bonds is 5. The van der Waals surface area contributed by atoms with Crippen LogP contribution in [-0.4, -0.2) is 18.5 Å². The maximum atomic E-state index is 11.3. The van der Waals surface area contributed by atoms with Gasteiger partial charge < -0.3 is 11.1 Å². The number of nitrogens with two attached hydrogens (primary N) is 1. The van der Waals surface area contributed by atoms with Crippen LogP contribution in [0.3, 0.4) is 0 Å². The van der Waals surface area contributed by atoms with Crippen molar-refractivity contribution in [2.24, 2.45) is 11.7 Å². The molecule has 0 fully saturated rings. The maximum absolute atomic E-state index is 11.3. The second-order valence-electron chi connectivity index (χ2n) is 4.78. The Morgan fingerprint density at radius 3 is 2.74 bits per heavy atom. The van der Waals surface area contributed by atoms with E-state index in [-0.39, 0.29) is 17.9 Å². The lowest BCUT2D eigenvalue weighted by Crippen LogP contribution is -2.43. The van der Waals surface area contributed by atoms with Crippen LogP contribution in [0, 0.1) is 5.92 Å². The minimum atomic E-state index is -0.214. The van der Waals surface area contributed by atoms with E-state index in [0.717, 1.165) is 19.4 Å². The Bertz CT molecular complexity index is 465. The SMILES string of the molecule is NC(=O)[C@@H]1CC=CC[C@H]1NC/C=C/c1ccccc1. The molecule has 0 unspecified atom stereocenters. The molecule has 1 aliphatic rings. The summed E-state index contributed by atoms with van der Waals surface area (Å²) in [7, 11) is 0. The van der Waals surface area contributed by atoms with Crippen molar-refractivity contribution in [2.75, 3.05) is 6.54 Å². The highest BCUT2D eigenvalue weighted by Crippen LogP contribution is 2.18. The average Bonchev–Trinajstić information content (AvgIpc) is 2.45. The van der Waals surface area contributed by atoms with Gasteiger partial charge in [0.25, 0.3) is 0 Å². The molecule has 1 aromatic rings. The van der Waals surface area contributed by atoms with Crippen molar-refractivity contribution in [3.05, 3.63) is 54.1 Å². The molecule has 3 nitrogen and oxygen atoms in total. The van der Waals surface area contributed by atoms with Crippen molar-refractivity contribution in [1.29, 1.82) is 0 Å². The number of amides is 1. The molecule has 0 saturated carbocycles. The standard InChI is InChI=1S/C16H20N2O/c17-16(19)14-10-4-5-11-15(14)18-12-6-9-13-7-2-1-3-8-13/h1-9,14-15,18H,10-12H2,(H2,17,19)/b9-6+/t14-,15-/m1/s1. The van der Waals surface area contributed by atoms with Crippen LogP contribution in [0.4, 0.5) is 0 Å². The third kappa shape index (κ3) is 4.07. The second kappa shape index (κ2) is 6.90. The summed E-state index contributed by atoms with van der Waals surface area (Å²) in [4.78, 5) is 11.3. The van der Waals surface area contributed by atoms with Gasteiger partial charge in [0.05, 0.1) is 5.92 Å². The maximum Gasteiger partial charge on any atom is 0.222 e. The molecule has 0 aromatic heterocycles. The molecule has 1 aliphatic carbocycles. The molecule has 19 heavy (non-hydrogen) atoms. The van der Waals surface area contributed by atoms with Crippen LogP contribution in [0.15, 0.2) is 48.6 Å². The highest BCUT2D eigenvalue weighted by Gasteiger charge is 2.25. The summed E-state index contributed by atoms with van der Waals surface area (Å²) in [6.07, 6.45) is 9.91. The summed E-state index contributed by atoms with van der Waals surface area (Å²) >= 11 is 0. The third-order valence-corrected chi connectivity index (χ3v) is 3.41. The Morgan fingerprint density at radius 2 is 2.00 bits per heavy atom.